The third-order valence-corrected chi connectivity index (χ3v) is 3.11. The summed E-state index contributed by atoms with van der Waals surface area (Å²) >= 11 is 0. The number of H-pyrrole nitrogens is 1. The molecule has 0 bridgehead atoms. The van der Waals surface area contributed by atoms with Crippen LogP contribution < -0.4 is 10.5 Å². The van der Waals surface area contributed by atoms with Crippen LogP contribution in [0.25, 0.3) is 0 Å². The minimum absolute atomic E-state index is 0.0790. The van der Waals surface area contributed by atoms with E-state index in [1.807, 2.05) is 0 Å². The zero-order chi connectivity index (χ0) is 14.0. The monoisotopic (exact) mass is 285 g/mol. The fraction of sp³-hybridized carbons (Fsp3) is 0. The lowest BCUT2D eigenvalue weighted by atomic mass is 10.3. The number of benzene rings is 1. The van der Waals surface area contributed by atoms with E-state index in [1.54, 1.807) is 0 Å². The van der Waals surface area contributed by atoms with Gasteiger partial charge in [0.2, 0.25) is 10.0 Å². The van der Waals surface area contributed by atoms with Crippen molar-refractivity contribution in [3.8, 4) is 0 Å². The lowest BCUT2D eigenvalue weighted by Gasteiger charge is -2.08. The number of nitrogens with one attached hydrogen (secondary N) is 2. The number of nitrogens with zero attached hydrogens (tertiary/aromatic N) is 2. The van der Waals surface area contributed by atoms with Gasteiger partial charge < -0.3 is 5.32 Å². The average molecular weight is 285 g/mol. The van der Waals surface area contributed by atoms with Crippen LogP contribution in [-0.4, -0.2) is 29.7 Å². The maximum Gasteiger partial charge on any atom is 0.277 e. The summed E-state index contributed by atoms with van der Waals surface area (Å²) in [7, 11) is -4.09. The number of primary sulfonamides is 1. The van der Waals surface area contributed by atoms with Crippen molar-refractivity contribution >= 4 is 21.6 Å². The van der Waals surface area contributed by atoms with E-state index >= 15 is 0 Å². The van der Waals surface area contributed by atoms with Crippen molar-refractivity contribution in [3.63, 3.8) is 0 Å². The molecule has 0 saturated carbocycles. The number of aromatic nitrogens is 3. The molecule has 8 nitrogen and oxygen atoms in total. The standard InChI is InChI=1S/C9H8FN5O3S/c10-5-1-2-8(19(11,17)18)6(3-5)13-9(16)7-4-12-15-14-7/h1-4H,(H,13,16)(H2,11,17,18)(H,12,14,15). The van der Waals surface area contributed by atoms with Crippen molar-refractivity contribution < 1.29 is 17.6 Å². The fourth-order valence-electron chi connectivity index (χ4n) is 1.35. The second-order valence-corrected chi connectivity index (χ2v) is 5.02. The van der Waals surface area contributed by atoms with Crippen LogP contribution in [0.1, 0.15) is 10.5 Å². The average Bonchev–Trinajstić information content (AvgIpc) is 2.80. The summed E-state index contributed by atoms with van der Waals surface area (Å²) in [5, 5.41) is 16.3. The number of halogens is 1. The summed E-state index contributed by atoms with van der Waals surface area (Å²) in [6, 6.07) is 2.73. The molecule has 1 aromatic heterocycles. The second-order valence-electron chi connectivity index (χ2n) is 3.49. The van der Waals surface area contributed by atoms with E-state index in [1.165, 1.54) is 0 Å². The predicted octanol–water partition coefficient (Wildman–Crippen LogP) is -0.156. The van der Waals surface area contributed by atoms with Crippen LogP contribution in [0.4, 0.5) is 10.1 Å². The highest BCUT2D eigenvalue weighted by molar-refractivity contribution is 7.89. The van der Waals surface area contributed by atoms with Gasteiger partial charge >= 0.3 is 0 Å². The van der Waals surface area contributed by atoms with Gasteiger partial charge in [0, 0.05) is 0 Å². The first-order valence-corrected chi connectivity index (χ1v) is 6.42. The molecule has 1 heterocycles. The Labute approximate surface area is 106 Å². The second kappa shape index (κ2) is 4.74. The predicted molar refractivity (Wildman–Crippen MR) is 62.1 cm³/mol. The quantitative estimate of drug-likeness (QED) is 0.721. The summed E-state index contributed by atoms with van der Waals surface area (Å²) in [5.74, 6) is -1.47. The maximum absolute atomic E-state index is 13.1. The number of rotatable bonds is 3. The van der Waals surface area contributed by atoms with Gasteiger partial charge in [-0.3, -0.25) is 4.79 Å². The van der Waals surface area contributed by atoms with Gasteiger partial charge in [0.25, 0.3) is 5.91 Å². The normalized spacial score (nSPS) is 11.3. The molecule has 10 heteroatoms. The highest BCUT2D eigenvalue weighted by Gasteiger charge is 2.18. The van der Waals surface area contributed by atoms with Crippen molar-refractivity contribution in [2.75, 3.05) is 5.32 Å². The van der Waals surface area contributed by atoms with Crippen LogP contribution >= 0.6 is 0 Å². The molecular formula is C9H8FN5O3S. The van der Waals surface area contributed by atoms with Crippen LogP contribution in [0.5, 0.6) is 0 Å². The zero-order valence-electron chi connectivity index (χ0n) is 9.29. The molecule has 2 rings (SSSR count). The molecule has 100 valence electrons. The number of carbonyl (C=O) groups is 1. The van der Waals surface area contributed by atoms with E-state index in [9.17, 15) is 17.6 Å². The summed E-state index contributed by atoms with van der Waals surface area (Å²) in [6.45, 7) is 0. The minimum atomic E-state index is -4.09. The zero-order valence-corrected chi connectivity index (χ0v) is 10.1. The summed E-state index contributed by atoms with van der Waals surface area (Å²) in [6.07, 6.45) is 1.13. The Morgan fingerprint density at radius 2 is 2.16 bits per heavy atom. The Bertz CT molecular complexity index is 713. The van der Waals surface area contributed by atoms with E-state index in [2.05, 4.69) is 20.7 Å². The van der Waals surface area contributed by atoms with Crippen molar-refractivity contribution in [1.82, 2.24) is 15.4 Å². The molecule has 0 aliphatic heterocycles. The molecule has 0 fully saturated rings. The molecular weight excluding hydrogens is 277 g/mol. The minimum Gasteiger partial charge on any atom is -0.319 e. The number of aromatic amines is 1. The van der Waals surface area contributed by atoms with Crippen molar-refractivity contribution in [2.24, 2.45) is 5.14 Å². The summed E-state index contributed by atoms with van der Waals surface area (Å²) < 4.78 is 35.7. The number of hydrogen-bond acceptors (Lipinski definition) is 5. The van der Waals surface area contributed by atoms with E-state index in [4.69, 9.17) is 5.14 Å². The Morgan fingerprint density at radius 3 is 2.74 bits per heavy atom. The maximum atomic E-state index is 13.1. The van der Waals surface area contributed by atoms with Gasteiger partial charge in [-0.2, -0.15) is 15.4 Å². The molecule has 4 N–H and O–H groups in total. The molecule has 19 heavy (non-hydrogen) atoms. The van der Waals surface area contributed by atoms with Gasteiger partial charge in [-0.25, -0.2) is 17.9 Å². The molecule has 1 aromatic carbocycles. The molecule has 2 aromatic rings. The molecule has 0 saturated heterocycles. The van der Waals surface area contributed by atoms with E-state index < -0.39 is 26.6 Å². The van der Waals surface area contributed by atoms with Crippen LogP contribution in [0.2, 0.25) is 0 Å². The molecule has 0 aliphatic rings. The lowest BCUT2D eigenvalue weighted by Crippen LogP contribution is -2.19. The number of carbonyl (C=O) groups excluding carboxylic acids is 1. The molecule has 1 amide bonds. The molecule has 0 unspecified atom stereocenters. The van der Waals surface area contributed by atoms with Crippen LogP contribution in [0, 0.1) is 5.82 Å². The molecule has 0 atom stereocenters. The Balaban J connectivity index is 2.39. The largest absolute Gasteiger partial charge is 0.319 e. The lowest BCUT2D eigenvalue weighted by molar-refractivity contribution is 0.102. The van der Waals surface area contributed by atoms with Gasteiger partial charge in [0.15, 0.2) is 5.69 Å². The third kappa shape index (κ3) is 2.92. The number of sulfonamides is 1. The van der Waals surface area contributed by atoms with Crippen molar-refractivity contribution in [2.45, 2.75) is 4.90 Å². The highest BCUT2D eigenvalue weighted by atomic mass is 32.2. The first-order chi connectivity index (χ1) is 8.88. The number of amides is 1. The first-order valence-electron chi connectivity index (χ1n) is 4.87. The van der Waals surface area contributed by atoms with Crippen LogP contribution in [0.15, 0.2) is 29.3 Å². The van der Waals surface area contributed by atoms with Crippen LogP contribution in [-0.2, 0) is 10.0 Å². The van der Waals surface area contributed by atoms with E-state index in [0.29, 0.717) is 0 Å². The SMILES string of the molecule is NS(=O)(=O)c1ccc(F)cc1NC(=O)c1cn[nH]n1. The van der Waals surface area contributed by atoms with Gasteiger partial charge in [-0.15, -0.1) is 0 Å². The Morgan fingerprint density at radius 1 is 1.42 bits per heavy atom. The smallest absolute Gasteiger partial charge is 0.277 e. The van der Waals surface area contributed by atoms with Gasteiger partial charge in [-0.05, 0) is 18.2 Å². The molecule has 0 radical (unpaired) electrons. The molecule has 0 aliphatic carbocycles. The van der Waals surface area contributed by atoms with E-state index in [-0.39, 0.29) is 11.4 Å². The van der Waals surface area contributed by atoms with Gasteiger partial charge in [0.1, 0.15) is 10.7 Å². The van der Waals surface area contributed by atoms with Crippen molar-refractivity contribution in [3.05, 3.63) is 35.9 Å². The summed E-state index contributed by atoms with van der Waals surface area (Å²) in [4.78, 5) is 11.3. The third-order valence-electron chi connectivity index (χ3n) is 2.14. The number of hydrogen-bond donors (Lipinski definition) is 3. The van der Waals surface area contributed by atoms with Gasteiger partial charge in [-0.1, -0.05) is 0 Å². The molecule has 0 spiro atoms. The van der Waals surface area contributed by atoms with Gasteiger partial charge in [0.05, 0.1) is 11.9 Å². The van der Waals surface area contributed by atoms with Crippen LogP contribution in [0.3, 0.4) is 0 Å². The Hall–Kier alpha value is -2.33. The Kier molecular flexibility index (Phi) is 3.27. The first kappa shape index (κ1) is 13.1. The highest BCUT2D eigenvalue weighted by Crippen LogP contribution is 2.21. The fourth-order valence-corrected chi connectivity index (χ4v) is 2.02. The van der Waals surface area contributed by atoms with E-state index in [0.717, 1.165) is 24.4 Å². The number of nitrogens with two attached hydrogens (primary N) is 1. The van der Waals surface area contributed by atoms with Crippen molar-refractivity contribution in [1.29, 1.82) is 0 Å². The summed E-state index contributed by atoms with van der Waals surface area (Å²) in [5.41, 5.74) is -0.347. The topological polar surface area (TPSA) is 131 Å². The number of anilines is 1.